The van der Waals surface area contributed by atoms with Crippen molar-refractivity contribution in [2.24, 2.45) is 5.92 Å². The summed E-state index contributed by atoms with van der Waals surface area (Å²) < 4.78 is 0. The number of nitrogens with zero attached hydrogens (tertiary/aromatic N) is 3. The Morgan fingerprint density at radius 3 is 2.21 bits per heavy atom. The average molecular weight is 384 g/mol. The van der Waals surface area contributed by atoms with Crippen LogP contribution in [0.4, 0.5) is 0 Å². The molecule has 0 aromatic heterocycles. The van der Waals surface area contributed by atoms with Gasteiger partial charge in [0.15, 0.2) is 0 Å². The summed E-state index contributed by atoms with van der Waals surface area (Å²) in [6.45, 7) is 5.63. The van der Waals surface area contributed by atoms with Crippen molar-refractivity contribution >= 4 is 11.8 Å². The summed E-state index contributed by atoms with van der Waals surface area (Å²) >= 11 is 0. The summed E-state index contributed by atoms with van der Waals surface area (Å²) in [6, 6.07) is 8.54. The van der Waals surface area contributed by atoms with Crippen LogP contribution in [0, 0.1) is 5.92 Å². The van der Waals surface area contributed by atoms with Crippen LogP contribution in [0.3, 0.4) is 0 Å². The number of piperidine rings is 1. The number of rotatable bonds is 3. The molecule has 28 heavy (non-hydrogen) atoms. The van der Waals surface area contributed by atoms with Crippen molar-refractivity contribution < 1.29 is 9.59 Å². The van der Waals surface area contributed by atoms with Gasteiger partial charge in [0.25, 0.3) is 0 Å². The van der Waals surface area contributed by atoms with E-state index in [1.54, 1.807) is 0 Å². The lowest BCUT2D eigenvalue weighted by atomic mass is 9.95. The third-order valence-corrected chi connectivity index (χ3v) is 6.68. The number of hydrogen-bond donors (Lipinski definition) is 0. The fraction of sp³-hybridized carbons (Fsp3) is 0.652. The molecule has 0 bridgehead atoms. The van der Waals surface area contributed by atoms with Crippen molar-refractivity contribution in [2.75, 3.05) is 39.3 Å². The Kier molecular flexibility index (Phi) is 6.30. The lowest BCUT2D eigenvalue weighted by Crippen LogP contribution is -2.47. The monoisotopic (exact) mass is 383 g/mol. The van der Waals surface area contributed by atoms with Crippen LogP contribution in [0.25, 0.3) is 0 Å². The fourth-order valence-corrected chi connectivity index (χ4v) is 4.91. The maximum Gasteiger partial charge on any atom is 0.236 e. The van der Waals surface area contributed by atoms with Gasteiger partial charge in [0, 0.05) is 45.2 Å². The minimum Gasteiger partial charge on any atom is -0.342 e. The molecule has 1 aromatic rings. The number of hydrogen-bond acceptors (Lipinski definition) is 3. The van der Waals surface area contributed by atoms with E-state index in [-0.39, 0.29) is 11.8 Å². The standard InChI is InChI=1S/C23H33N3O2/c27-22(18-24-14-9-19-7-3-4-8-21(19)17-24)25-15-10-20(11-16-25)23(28)26-12-5-1-2-6-13-26/h3-4,7-8,20H,1-2,5-6,9-18H2. The number of carbonyl (C=O) groups is 2. The van der Waals surface area contributed by atoms with Gasteiger partial charge in [-0.3, -0.25) is 14.5 Å². The van der Waals surface area contributed by atoms with Gasteiger partial charge in [0.2, 0.25) is 11.8 Å². The maximum atomic E-state index is 12.8. The Hall–Kier alpha value is -1.88. The van der Waals surface area contributed by atoms with Crippen molar-refractivity contribution in [3.05, 3.63) is 35.4 Å². The molecule has 3 aliphatic heterocycles. The summed E-state index contributed by atoms with van der Waals surface area (Å²) in [4.78, 5) is 31.9. The first kappa shape index (κ1) is 19.4. The van der Waals surface area contributed by atoms with Crippen molar-refractivity contribution in [2.45, 2.75) is 51.5 Å². The third kappa shape index (κ3) is 4.57. The first-order valence-corrected chi connectivity index (χ1v) is 11.1. The summed E-state index contributed by atoms with van der Waals surface area (Å²) in [5.74, 6) is 0.672. The quantitative estimate of drug-likeness (QED) is 0.806. The molecule has 4 rings (SSSR count). The van der Waals surface area contributed by atoms with E-state index in [1.807, 2.05) is 4.90 Å². The second-order valence-electron chi connectivity index (χ2n) is 8.62. The van der Waals surface area contributed by atoms with Gasteiger partial charge in [-0.2, -0.15) is 0 Å². The van der Waals surface area contributed by atoms with Gasteiger partial charge in [-0.15, -0.1) is 0 Å². The van der Waals surface area contributed by atoms with Crippen LogP contribution in [-0.4, -0.2) is 65.8 Å². The zero-order chi connectivity index (χ0) is 19.3. The minimum atomic E-state index is 0.115. The highest BCUT2D eigenvalue weighted by Crippen LogP contribution is 2.23. The van der Waals surface area contributed by atoms with E-state index in [2.05, 4.69) is 34.1 Å². The molecule has 5 heteroatoms. The van der Waals surface area contributed by atoms with Crippen molar-refractivity contribution in [1.29, 1.82) is 0 Å². The topological polar surface area (TPSA) is 43.9 Å². The highest BCUT2D eigenvalue weighted by atomic mass is 16.2. The van der Waals surface area contributed by atoms with E-state index in [9.17, 15) is 9.59 Å². The van der Waals surface area contributed by atoms with Gasteiger partial charge in [-0.1, -0.05) is 37.1 Å². The number of likely N-dealkylation sites (tertiary alicyclic amines) is 2. The molecular weight excluding hydrogens is 350 g/mol. The summed E-state index contributed by atoms with van der Waals surface area (Å²) in [5, 5.41) is 0. The molecule has 2 fully saturated rings. The SMILES string of the molecule is O=C(CN1CCc2ccccc2C1)N1CCC(C(=O)N2CCCCCC2)CC1. The van der Waals surface area contributed by atoms with Crippen LogP contribution in [0.2, 0.25) is 0 Å². The molecule has 1 aromatic carbocycles. The molecule has 0 aliphatic carbocycles. The van der Waals surface area contributed by atoms with E-state index >= 15 is 0 Å². The van der Waals surface area contributed by atoms with Gasteiger partial charge < -0.3 is 9.80 Å². The second-order valence-corrected chi connectivity index (χ2v) is 8.62. The van der Waals surface area contributed by atoms with Gasteiger partial charge in [0.1, 0.15) is 0 Å². The van der Waals surface area contributed by atoms with Gasteiger partial charge >= 0.3 is 0 Å². The number of fused-ring (bicyclic) bond motifs is 1. The molecule has 0 radical (unpaired) electrons. The minimum absolute atomic E-state index is 0.115. The average Bonchev–Trinajstić information content (AvgIpc) is 3.03. The Bertz CT molecular complexity index is 689. The van der Waals surface area contributed by atoms with Crippen LogP contribution in [-0.2, 0) is 22.6 Å². The maximum absolute atomic E-state index is 12.8. The summed E-state index contributed by atoms with van der Waals surface area (Å²) in [6.07, 6.45) is 7.45. The van der Waals surface area contributed by atoms with E-state index in [4.69, 9.17) is 0 Å². The van der Waals surface area contributed by atoms with Gasteiger partial charge in [0.05, 0.1) is 6.54 Å². The summed E-state index contributed by atoms with van der Waals surface area (Å²) in [7, 11) is 0. The molecule has 0 saturated carbocycles. The van der Waals surface area contributed by atoms with Crippen molar-refractivity contribution in [3.63, 3.8) is 0 Å². The second kappa shape index (κ2) is 9.08. The highest BCUT2D eigenvalue weighted by Gasteiger charge is 2.31. The van der Waals surface area contributed by atoms with E-state index in [1.165, 1.54) is 24.0 Å². The first-order chi connectivity index (χ1) is 13.7. The van der Waals surface area contributed by atoms with Gasteiger partial charge in [-0.05, 0) is 43.2 Å². The molecular formula is C23H33N3O2. The summed E-state index contributed by atoms with van der Waals surface area (Å²) in [5.41, 5.74) is 2.77. The van der Waals surface area contributed by atoms with Gasteiger partial charge in [-0.25, -0.2) is 0 Å². The predicted molar refractivity (Wildman–Crippen MR) is 110 cm³/mol. The Labute approximate surface area is 168 Å². The zero-order valence-corrected chi connectivity index (χ0v) is 16.9. The lowest BCUT2D eigenvalue weighted by Gasteiger charge is -2.36. The molecule has 0 atom stereocenters. The van der Waals surface area contributed by atoms with E-state index in [0.717, 1.165) is 71.4 Å². The molecule has 0 unspecified atom stereocenters. The smallest absolute Gasteiger partial charge is 0.236 e. The number of carbonyl (C=O) groups excluding carboxylic acids is 2. The van der Waals surface area contributed by atoms with Crippen molar-refractivity contribution in [3.8, 4) is 0 Å². The molecule has 152 valence electrons. The molecule has 5 nitrogen and oxygen atoms in total. The molecule has 2 saturated heterocycles. The third-order valence-electron chi connectivity index (χ3n) is 6.68. The molecule has 3 heterocycles. The van der Waals surface area contributed by atoms with Crippen molar-refractivity contribution in [1.82, 2.24) is 14.7 Å². The Balaban J connectivity index is 1.24. The Morgan fingerprint density at radius 2 is 1.50 bits per heavy atom. The van der Waals surface area contributed by atoms with Crippen LogP contribution in [0.5, 0.6) is 0 Å². The van der Waals surface area contributed by atoms with Crippen LogP contribution >= 0.6 is 0 Å². The lowest BCUT2D eigenvalue weighted by molar-refractivity contribution is -0.141. The first-order valence-electron chi connectivity index (χ1n) is 11.1. The largest absolute Gasteiger partial charge is 0.342 e. The Morgan fingerprint density at radius 1 is 0.821 bits per heavy atom. The highest BCUT2D eigenvalue weighted by molar-refractivity contribution is 5.81. The van der Waals surface area contributed by atoms with Crippen LogP contribution < -0.4 is 0 Å². The number of amides is 2. The number of benzene rings is 1. The van der Waals surface area contributed by atoms with Crippen LogP contribution in [0.1, 0.15) is 49.7 Å². The zero-order valence-electron chi connectivity index (χ0n) is 16.9. The molecule has 3 aliphatic rings. The van der Waals surface area contributed by atoms with Crippen LogP contribution in [0.15, 0.2) is 24.3 Å². The predicted octanol–water partition coefficient (Wildman–Crippen LogP) is 2.69. The van der Waals surface area contributed by atoms with E-state index in [0.29, 0.717) is 12.5 Å². The normalized spacial score (nSPS) is 21.9. The molecule has 2 amide bonds. The fourth-order valence-electron chi connectivity index (χ4n) is 4.91. The molecule has 0 N–H and O–H groups in total. The molecule has 0 spiro atoms. The van der Waals surface area contributed by atoms with E-state index < -0.39 is 0 Å².